The van der Waals surface area contributed by atoms with Crippen molar-refractivity contribution in [3.8, 4) is 17.3 Å². The first-order valence-electron chi connectivity index (χ1n) is 7.45. The summed E-state index contributed by atoms with van der Waals surface area (Å²) >= 11 is 0. The number of aromatic amines is 1. The van der Waals surface area contributed by atoms with E-state index in [1.165, 1.54) is 27.4 Å². The molecule has 0 atom stereocenters. The Kier molecular flexibility index (Phi) is 4.78. The summed E-state index contributed by atoms with van der Waals surface area (Å²) in [6.45, 7) is 0. The van der Waals surface area contributed by atoms with Gasteiger partial charge in [0.15, 0.2) is 5.03 Å². The van der Waals surface area contributed by atoms with Crippen LogP contribution in [-0.4, -0.2) is 61.5 Å². The molecule has 0 aliphatic carbocycles. The number of anilines is 1. The number of nitrogens with one attached hydrogen (secondary N) is 3. The summed E-state index contributed by atoms with van der Waals surface area (Å²) in [6.07, 6.45) is 1.23. The molecule has 3 aromatic rings. The molecule has 0 saturated heterocycles. The molecule has 0 radical (unpaired) electrons. The van der Waals surface area contributed by atoms with Crippen molar-refractivity contribution in [3.63, 3.8) is 0 Å². The monoisotopic (exact) mass is 410 g/mol. The third-order valence-electron chi connectivity index (χ3n) is 3.27. The number of sulfonamides is 1. The van der Waals surface area contributed by atoms with Gasteiger partial charge in [0, 0.05) is 7.05 Å². The largest absolute Gasteiger partial charge is 0.481 e. The van der Waals surface area contributed by atoms with Crippen molar-refractivity contribution in [2.75, 3.05) is 12.4 Å². The lowest BCUT2D eigenvalue weighted by Gasteiger charge is -2.09. The maximum Gasteiger partial charge on any atom is 0.335 e. The standard InChI is InChI=1S/C12H14N10O5S/c1-21-10(6(5-13-21)9-17-20-22(2)18-9)28(25,26)19-12(24)16-11-14-7(23)4-8(15-11)27-3/h4-5H,1-3H3,(H3,14,15,16,19,23,24). The second-order valence-corrected chi connectivity index (χ2v) is 6.88. The average molecular weight is 410 g/mol. The molecule has 3 heterocycles. The third-order valence-corrected chi connectivity index (χ3v) is 4.72. The number of carbonyl (C=O) groups excluding carboxylic acids is 1. The number of aryl methyl sites for hydroxylation is 2. The maximum atomic E-state index is 12.7. The fourth-order valence-electron chi connectivity index (χ4n) is 2.19. The first-order valence-corrected chi connectivity index (χ1v) is 8.93. The summed E-state index contributed by atoms with van der Waals surface area (Å²) in [7, 11) is -0.237. The van der Waals surface area contributed by atoms with Crippen molar-refractivity contribution in [3.05, 3.63) is 22.6 Å². The predicted molar refractivity (Wildman–Crippen MR) is 91.7 cm³/mol. The maximum absolute atomic E-state index is 12.7. The van der Waals surface area contributed by atoms with Crippen molar-refractivity contribution >= 4 is 22.0 Å². The number of aromatic nitrogens is 8. The van der Waals surface area contributed by atoms with Gasteiger partial charge in [0.05, 0.1) is 32.0 Å². The summed E-state index contributed by atoms with van der Waals surface area (Å²) in [5.41, 5.74) is -0.559. The van der Waals surface area contributed by atoms with Gasteiger partial charge >= 0.3 is 6.03 Å². The summed E-state index contributed by atoms with van der Waals surface area (Å²) in [6, 6.07) is -0.119. The quantitative estimate of drug-likeness (QED) is 0.433. The molecule has 3 rings (SSSR count). The number of nitrogens with zero attached hydrogens (tertiary/aromatic N) is 7. The van der Waals surface area contributed by atoms with Crippen LogP contribution in [0.15, 0.2) is 22.1 Å². The minimum atomic E-state index is -4.39. The Bertz CT molecular complexity index is 1190. The molecule has 148 valence electrons. The molecule has 3 aromatic heterocycles. The highest BCUT2D eigenvalue weighted by Crippen LogP contribution is 2.23. The Morgan fingerprint density at radius 1 is 1.32 bits per heavy atom. The summed E-state index contributed by atoms with van der Waals surface area (Å²) in [5.74, 6) is -0.363. The number of urea groups is 1. The van der Waals surface area contributed by atoms with Crippen LogP contribution in [0.25, 0.3) is 11.4 Å². The first kappa shape index (κ1) is 19.0. The molecular formula is C12H14N10O5S. The average Bonchev–Trinajstić information content (AvgIpc) is 3.19. The fourth-order valence-corrected chi connectivity index (χ4v) is 3.41. The van der Waals surface area contributed by atoms with Gasteiger partial charge in [-0.05, 0) is 5.21 Å². The highest BCUT2D eigenvalue weighted by molar-refractivity contribution is 7.90. The summed E-state index contributed by atoms with van der Waals surface area (Å²) in [5, 5.41) is 16.9. The van der Waals surface area contributed by atoms with Gasteiger partial charge in [-0.2, -0.15) is 23.3 Å². The number of H-pyrrole nitrogens is 1. The minimum Gasteiger partial charge on any atom is -0.481 e. The Morgan fingerprint density at radius 2 is 2.07 bits per heavy atom. The van der Waals surface area contributed by atoms with Crippen LogP contribution < -0.4 is 20.3 Å². The van der Waals surface area contributed by atoms with E-state index in [0.717, 1.165) is 15.5 Å². The zero-order valence-electron chi connectivity index (χ0n) is 14.7. The molecule has 0 unspecified atom stereocenters. The van der Waals surface area contributed by atoms with Gasteiger partial charge in [-0.1, -0.05) is 0 Å². The predicted octanol–water partition coefficient (Wildman–Crippen LogP) is -1.79. The smallest absolute Gasteiger partial charge is 0.335 e. The highest BCUT2D eigenvalue weighted by Gasteiger charge is 2.28. The van der Waals surface area contributed by atoms with E-state index in [2.05, 4.69) is 35.8 Å². The highest BCUT2D eigenvalue weighted by atomic mass is 32.2. The number of rotatable bonds is 5. The lowest BCUT2D eigenvalue weighted by molar-refractivity contribution is 0.256. The molecule has 0 fully saturated rings. The number of ether oxygens (including phenoxy) is 1. The van der Waals surface area contributed by atoms with Crippen molar-refractivity contribution in [1.82, 2.24) is 44.7 Å². The van der Waals surface area contributed by atoms with Crippen molar-refractivity contribution in [1.29, 1.82) is 0 Å². The molecule has 0 aliphatic heterocycles. The molecule has 0 saturated carbocycles. The zero-order chi connectivity index (χ0) is 20.5. The Morgan fingerprint density at radius 3 is 2.71 bits per heavy atom. The van der Waals surface area contributed by atoms with Crippen molar-refractivity contribution in [2.45, 2.75) is 5.03 Å². The van der Waals surface area contributed by atoms with Gasteiger partial charge in [-0.15, -0.1) is 10.2 Å². The number of tetrazole rings is 1. The molecule has 3 N–H and O–H groups in total. The molecular weight excluding hydrogens is 396 g/mol. The van der Waals surface area contributed by atoms with Crippen LogP contribution in [0.5, 0.6) is 5.88 Å². The van der Waals surface area contributed by atoms with E-state index >= 15 is 0 Å². The van der Waals surface area contributed by atoms with E-state index in [4.69, 9.17) is 4.74 Å². The second kappa shape index (κ2) is 7.06. The molecule has 28 heavy (non-hydrogen) atoms. The Labute approximate surface area is 156 Å². The number of amides is 2. The third kappa shape index (κ3) is 3.80. The van der Waals surface area contributed by atoms with Gasteiger partial charge < -0.3 is 4.74 Å². The molecule has 0 bridgehead atoms. The molecule has 0 aromatic carbocycles. The Balaban J connectivity index is 1.87. The minimum absolute atomic E-state index is 0.00942. The topological polar surface area (TPSA) is 192 Å². The van der Waals surface area contributed by atoms with Gasteiger partial charge in [-0.25, -0.2) is 9.52 Å². The fraction of sp³-hybridized carbons (Fsp3) is 0.250. The SMILES string of the molecule is COc1cc(=O)[nH]c(NC(=O)NS(=O)(=O)c2c(-c3nnn(C)n3)cnn2C)n1. The van der Waals surface area contributed by atoms with Gasteiger partial charge in [-0.3, -0.25) is 19.8 Å². The van der Waals surface area contributed by atoms with Crippen LogP contribution in [0, 0.1) is 0 Å². The normalized spacial score (nSPS) is 11.2. The van der Waals surface area contributed by atoms with Crippen molar-refractivity contribution in [2.24, 2.45) is 14.1 Å². The van der Waals surface area contributed by atoms with E-state index in [9.17, 15) is 18.0 Å². The molecule has 15 nitrogen and oxygen atoms in total. The Hall–Kier alpha value is -3.82. The van der Waals surface area contributed by atoms with Crippen LogP contribution in [0.3, 0.4) is 0 Å². The zero-order valence-corrected chi connectivity index (χ0v) is 15.6. The van der Waals surface area contributed by atoms with E-state index in [1.54, 1.807) is 4.72 Å². The van der Waals surface area contributed by atoms with E-state index in [-0.39, 0.29) is 28.2 Å². The van der Waals surface area contributed by atoms with Crippen LogP contribution in [0.4, 0.5) is 10.7 Å². The lowest BCUT2D eigenvalue weighted by atomic mass is 10.3. The number of hydrogen-bond acceptors (Lipinski definition) is 10. The molecule has 2 amide bonds. The summed E-state index contributed by atoms with van der Waals surface area (Å²) in [4.78, 5) is 30.7. The second-order valence-electron chi connectivity index (χ2n) is 5.29. The van der Waals surface area contributed by atoms with Crippen LogP contribution in [0.2, 0.25) is 0 Å². The van der Waals surface area contributed by atoms with E-state index < -0.39 is 21.6 Å². The lowest BCUT2D eigenvalue weighted by Crippen LogP contribution is -2.36. The van der Waals surface area contributed by atoms with Crippen LogP contribution in [0.1, 0.15) is 0 Å². The number of methoxy groups -OCH3 is 1. The van der Waals surface area contributed by atoms with Crippen molar-refractivity contribution < 1.29 is 17.9 Å². The van der Waals surface area contributed by atoms with E-state index in [1.807, 2.05) is 0 Å². The van der Waals surface area contributed by atoms with Gasteiger partial charge in [0.1, 0.15) is 0 Å². The van der Waals surface area contributed by atoms with Crippen LogP contribution >= 0.6 is 0 Å². The number of hydrogen-bond donors (Lipinski definition) is 3. The van der Waals surface area contributed by atoms with Crippen LogP contribution in [-0.2, 0) is 24.1 Å². The molecule has 0 aliphatic rings. The summed E-state index contributed by atoms with van der Waals surface area (Å²) < 4.78 is 33.0. The molecule has 0 spiro atoms. The van der Waals surface area contributed by atoms with E-state index in [0.29, 0.717) is 0 Å². The number of carbonyl (C=O) groups is 1. The molecule has 16 heteroatoms. The van der Waals surface area contributed by atoms with Gasteiger partial charge in [0.25, 0.3) is 15.6 Å². The van der Waals surface area contributed by atoms with Gasteiger partial charge in [0.2, 0.25) is 17.7 Å². The first-order chi connectivity index (χ1) is 13.2.